The molecule has 2 aliphatic rings. The summed E-state index contributed by atoms with van der Waals surface area (Å²) in [6.07, 6.45) is 8.37. The number of benzene rings is 2. The Balaban J connectivity index is 1.02. The molecular formula is C36H39N7O4. The maximum Gasteiger partial charge on any atom is 0.262 e. The number of aliphatic hydroxyl groups is 1. The predicted molar refractivity (Wildman–Crippen MR) is 177 cm³/mol. The number of carbonyl (C=O) groups excluding carboxylic acids is 1. The van der Waals surface area contributed by atoms with Crippen LogP contribution in [0.25, 0.3) is 16.7 Å². The molecule has 11 nitrogen and oxygen atoms in total. The highest BCUT2D eigenvalue weighted by atomic mass is 16.5. The van der Waals surface area contributed by atoms with Gasteiger partial charge in [0.15, 0.2) is 5.65 Å². The van der Waals surface area contributed by atoms with E-state index in [2.05, 4.69) is 32.0 Å². The minimum absolute atomic E-state index is 0.0450. The molecule has 5 heterocycles. The van der Waals surface area contributed by atoms with E-state index in [1.165, 1.54) is 10.9 Å². The largest absolute Gasteiger partial charge is 0.497 e. The van der Waals surface area contributed by atoms with Crippen LogP contribution in [0.4, 0.5) is 0 Å². The number of methoxy groups -OCH3 is 1. The Kier molecular flexibility index (Phi) is 8.57. The van der Waals surface area contributed by atoms with Crippen molar-refractivity contribution in [2.45, 2.75) is 43.9 Å². The minimum Gasteiger partial charge on any atom is -0.497 e. The zero-order chi connectivity index (χ0) is 32.4. The Bertz CT molecular complexity index is 1880. The zero-order valence-corrected chi connectivity index (χ0v) is 26.5. The fourth-order valence-electron chi connectivity index (χ4n) is 7.08. The summed E-state index contributed by atoms with van der Waals surface area (Å²) in [6.45, 7) is 3.18. The van der Waals surface area contributed by atoms with E-state index in [4.69, 9.17) is 4.74 Å². The summed E-state index contributed by atoms with van der Waals surface area (Å²) in [7, 11) is 1.62. The lowest BCUT2D eigenvalue weighted by Crippen LogP contribution is -2.53. The first-order chi connectivity index (χ1) is 22.9. The highest BCUT2D eigenvalue weighted by Gasteiger charge is 2.41. The quantitative estimate of drug-likeness (QED) is 0.275. The van der Waals surface area contributed by atoms with Crippen LogP contribution in [0.1, 0.15) is 36.6 Å². The summed E-state index contributed by atoms with van der Waals surface area (Å²) in [5.74, 6) is 1.56. The second-order valence-electron chi connectivity index (χ2n) is 12.7. The molecular weight excluding hydrogens is 594 g/mol. The highest BCUT2D eigenvalue weighted by molar-refractivity contribution is 5.80. The summed E-state index contributed by atoms with van der Waals surface area (Å²) in [5, 5.41) is 12.1. The molecule has 1 N–H and O–H groups in total. The maximum absolute atomic E-state index is 14.1. The van der Waals surface area contributed by atoms with Gasteiger partial charge in [0.05, 0.1) is 31.2 Å². The number of piperidine rings is 2. The Morgan fingerprint density at radius 2 is 1.70 bits per heavy atom. The van der Waals surface area contributed by atoms with E-state index in [-0.39, 0.29) is 29.8 Å². The van der Waals surface area contributed by atoms with Crippen LogP contribution >= 0.6 is 0 Å². The molecule has 0 unspecified atom stereocenters. The van der Waals surface area contributed by atoms with Crippen LogP contribution in [0.3, 0.4) is 0 Å². The number of hydrogen-bond acceptors (Lipinski definition) is 8. The lowest BCUT2D eigenvalue weighted by Gasteiger charge is -2.43. The molecule has 0 radical (unpaired) electrons. The molecule has 242 valence electrons. The van der Waals surface area contributed by atoms with E-state index in [0.29, 0.717) is 43.5 Å². The van der Waals surface area contributed by atoms with E-state index in [1.807, 2.05) is 64.2 Å². The van der Waals surface area contributed by atoms with Gasteiger partial charge in [0, 0.05) is 55.7 Å². The third-order valence-electron chi connectivity index (χ3n) is 9.72. The second kappa shape index (κ2) is 13.1. The van der Waals surface area contributed by atoms with E-state index in [1.54, 1.807) is 25.6 Å². The van der Waals surface area contributed by atoms with Gasteiger partial charge in [0.2, 0.25) is 5.91 Å². The molecule has 0 aliphatic carbocycles. The summed E-state index contributed by atoms with van der Waals surface area (Å²) >= 11 is 0. The highest BCUT2D eigenvalue weighted by Crippen LogP contribution is 2.36. The topological polar surface area (TPSA) is 119 Å². The van der Waals surface area contributed by atoms with Gasteiger partial charge in [-0.25, -0.2) is 15.0 Å². The SMILES string of the molecule is COc1ccc(-n2ccc3c(=O)n(CC4(O)CCN(C(=O)[C@@H]5CCN(Cc6ncccn6)C[C@H]5c5ccccc5)CC4)cnc32)cc1. The Hall–Kier alpha value is -4.87. The van der Waals surface area contributed by atoms with Crippen LogP contribution in [-0.2, 0) is 17.9 Å². The van der Waals surface area contributed by atoms with E-state index < -0.39 is 5.60 Å². The number of hydrogen-bond donors (Lipinski definition) is 1. The van der Waals surface area contributed by atoms with Gasteiger partial charge in [0.25, 0.3) is 5.56 Å². The van der Waals surface area contributed by atoms with Crippen LogP contribution < -0.4 is 10.3 Å². The molecule has 3 aromatic heterocycles. The van der Waals surface area contributed by atoms with Gasteiger partial charge in [-0.2, -0.15) is 0 Å². The van der Waals surface area contributed by atoms with Crippen molar-refractivity contribution >= 4 is 16.9 Å². The number of aromatic nitrogens is 5. The van der Waals surface area contributed by atoms with Gasteiger partial charge in [-0.1, -0.05) is 30.3 Å². The van der Waals surface area contributed by atoms with E-state index in [9.17, 15) is 14.7 Å². The van der Waals surface area contributed by atoms with Crippen molar-refractivity contribution in [3.8, 4) is 11.4 Å². The number of rotatable bonds is 8. The number of likely N-dealkylation sites (tertiary alicyclic amines) is 2. The molecule has 2 aromatic carbocycles. The van der Waals surface area contributed by atoms with Gasteiger partial charge >= 0.3 is 0 Å². The summed E-state index contributed by atoms with van der Waals surface area (Å²) in [6, 6.07) is 21.4. The lowest BCUT2D eigenvalue weighted by atomic mass is 9.79. The molecule has 0 saturated carbocycles. The molecule has 5 aromatic rings. The third-order valence-corrected chi connectivity index (χ3v) is 9.72. The molecule has 7 rings (SSSR count). The molecule has 2 saturated heterocycles. The normalized spacial score (nSPS) is 19.9. The van der Waals surface area contributed by atoms with Crippen LogP contribution in [-0.4, -0.2) is 83.8 Å². The standard InChI is InChI=1S/C36H39N7O4/c1-47-28-10-8-27(9-11-28)43-19-13-30-33(43)39-25-42(35(30)45)24-36(46)14-20-41(21-15-36)34(44)29-12-18-40(23-32-37-16-5-17-38-32)22-31(29)26-6-3-2-4-7-26/h2-11,13,16-17,19,25,29,31,46H,12,14-15,18,20-24H2,1H3/t29-,31+/m1/s1. The lowest BCUT2D eigenvalue weighted by molar-refractivity contribution is -0.142. The summed E-state index contributed by atoms with van der Waals surface area (Å²) in [4.78, 5) is 45.2. The van der Waals surface area contributed by atoms with Crippen molar-refractivity contribution in [3.63, 3.8) is 0 Å². The van der Waals surface area contributed by atoms with Gasteiger partial charge in [-0.05, 0) is 67.8 Å². The maximum atomic E-state index is 14.1. The van der Waals surface area contributed by atoms with E-state index in [0.717, 1.165) is 42.3 Å². The van der Waals surface area contributed by atoms with Gasteiger partial charge < -0.3 is 19.3 Å². The van der Waals surface area contributed by atoms with Crippen LogP contribution in [0, 0.1) is 5.92 Å². The fourth-order valence-corrected chi connectivity index (χ4v) is 7.08. The average Bonchev–Trinajstić information content (AvgIpc) is 3.55. The average molecular weight is 634 g/mol. The molecule has 2 atom stereocenters. The molecule has 0 bridgehead atoms. The predicted octanol–water partition coefficient (Wildman–Crippen LogP) is 3.65. The first-order valence-corrected chi connectivity index (χ1v) is 16.2. The first-order valence-electron chi connectivity index (χ1n) is 16.2. The molecule has 11 heteroatoms. The zero-order valence-electron chi connectivity index (χ0n) is 26.5. The van der Waals surface area contributed by atoms with Gasteiger partial charge in [-0.3, -0.25) is 19.1 Å². The monoisotopic (exact) mass is 633 g/mol. The van der Waals surface area contributed by atoms with Gasteiger partial charge in [-0.15, -0.1) is 0 Å². The van der Waals surface area contributed by atoms with Crippen molar-refractivity contribution in [3.05, 3.63) is 113 Å². The molecule has 0 spiro atoms. The second-order valence-corrected chi connectivity index (χ2v) is 12.7. The smallest absolute Gasteiger partial charge is 0.262 e. The van der Waals surface area contributed by atoms with Crippen LogP contribution in [0.5, 0.6) is 5.75 Å². The summed E-state index contributed by atoms with van der Waals surface area (Å²) in [5.41, 5.74) is 1.26. The molecule has 2 aliphatic heterocycles. The van der Waals surface area contributed by atoms with Crippen LogP contribution in [0.15, 0.2) is 96.4 Å². The van der Waals surface area contributed by atoms with Crippen molar-refractivity contribution in [1.82, 2.24) is 33.9 Å². The number of ether oxygens (including phenoxy) is 1. The Labute approximate surface area is 273 Å². The minimum atomic E-state index is -1.12. The van der Waals surface area contributed by atoms with Crippen molar-refractivity contribution in [1.29, 1.82) is 0 Å². The summed E-state index contributed by atoms with van der Waals surface area (Å²) < 4.78 is 8.62. The molecule has 47 heavy (non-hydrogen) atoms. The van der Waals surface area contributed by atoms with Gasteiger partial charge in [0.1, 0.15) is 17.9 Å². The van der Waals surface area contributed by atoms with Crippen molar-refractivity contribution in [2.75, 3.05) is 33.3 Å². The van der Waals surface area contributed by atoms with Crippen molar-refractivity contribution in [2.24, 2.45) is 5.92 Å². The molecule has 1 amide bonds. The Morgan fingerprint density at radius 1 is 0.957 bits per heavy atom. The fraction of sp³-hybridized carbons (Fsp3) is 0.361. The number of carbonyl (C=O) groups is 1. The Morgan fingerprint density at radius 3 is 2.43 bits per heavy atom. The van der Waals surface area contributed by atoms with Crippen LogP contribution in [0.2, 0.25) is 0 Å². The van der Waals surface area contributed by atoms with Crippen molar-refractivity contribution < 1.29 is 14.6 Å². The van der Waals surface area contributed by atoms with E-state index >= 15 is 0 Å². The number of amides is 1. The number of nitrogens with zero attached hydrogens (tertiary/aromatic N) is 7. The third kappa shape index (κ3) is 6.41. The number of fused-ring (bicyclic) bond motifs is 1. The first kappa shape index (κ1) is 30.8. The molecule has 2 fully saturated rings.